The lowest BCUT2D eigenvalue weighted by Crippen LogP contribution is -2.62. The van der Waals surface area contributed by atoms with Crippen LogP contribution >= 0.6 is 0 Å². The molecular formula is C16H21N5O. The van der Waals surface area contributed by atoms with Gasteiger partial charge in [0.05, 0.1) is 0 Å². The van der Waals surface area contributed by atoms with Gasteiger partial charge in [0, 0.05) is 30.4 Å². The zero-order valence-electron chi connectivity index (χ0n) is 12.7. The highest BCUT2D eigenvalue weighted by Crippen LogP contribution is 2.38. The maximum absolute atomic E-state index is 12.4. The molecule has 0 aliphatic carbocycles. The summed E-state index contributed by atoms with van der Waals surface area (Å²) in [6, 6.07) is 8.24. The molecule has 2 amide bonds. The van der Waals surface area contributed by atoms with Gasteiger partial charge in [-0.15, -0.1) is 0 Å². The highest BCUT2D eigenvalue weighted by atomic mass is 16.2. The highest BCUT2D eigenvalue weighted by Gasteiger charge is 2.44. The van der Waals surface area contributed by atoms with Crippen molar-refractivity contribution in [1.29, 1.82) is 0 Å². The first-order valence-corrected chi connectivity index (χ1v) is 7.62. The number of carbonyl (C=O) groups is 1. The summed E-state index contributed by atoms with van der Waals surface area (Å²) in [6.07, 6.45) is 6.05. The summed E-state index contributed by atoms with van der Waals surface area (Å²) in [5.74, 6) is 0.377. The third kappa shape index (κ3) is 2.81. The summed E-state index contributed by atoms with van der Waals surface area (Å²) in [7, 11) is 1.64. The molecule has 2 heterocycles. The quantitative estimate of drug-likeness (QED) is 0.662. The maximum Gasteiger partial charge on any atom is 0.322 e. The second-order valence-corrected chi connectivity index (χ2v) is 5.78. The lowest BCUT2D eigenvalue weighted by molar-refractivity contribution is 0.0173. The van der Waals surface area contributed by atoms with Crippen LogP contribution in [0.5, 0.6) is 0 Å². The zero-order valence-corrected chi connectivity index (χ0v) is 12.7. The van der Waals surface area contributed by atoms with Crippen molar-refractivity contribution in [1.82, 2.24) is 4.90 Å². The van der Waals surface area contributed by atoms with Crippen LogP contribution in [0, 0.1) is 0 Å². The first kappa shape index (κ1) is 14.6. The van der Waals surface area contributed by atoms with Gasteiger partial charge in [0.15, 0.2) is 0 Å². The van der Waals surface area contributed by atoms with E-state index in [0.29, 0.717) is 17.9 Å². The molecule has 2 atom stereocenters. The summed E-state index contributed by atoms with van der Waals surface area (Å²) < 4.78 is 0. The van der Waals surface area contributed by atoms with Crippen LogP contribution in [-0.4, -0.2) is 42.2 Å². The molecule has 3 rings (SSSR count). The van der Waals surface area contributed by atoms with Gasteiger partial charge in [0.25, 0.3) is 0 Å². The molecule has 0 saturated carbocycles. The number of aliphatic imine (C=N–C) groups is 2. The van der Waals surface area contributed by atoms with Crippen LogP contribution in [0.25, 0.3) is 0 Å². The number of amides is 2. The molecule has 22 heavy (non-hydrogen) atoms. The van der Waals surface area contributed by atoms with Gasteiger partial charge in [0.2, 0.25) is 0 Å². The van der Waals surface area contributed by atoms with E-state index in [2.05, 4.69) is 15.3 Å². The first-order chi connectivity index (χ1) is 10.7. The van der Waals surface area contributed by atoms with Crippen LogP contribution in [0.15, 0.2) is 34.3 Å². The predicted octanol–water partition coefficient (Wildman–Crippen LogP) is 2.21. The second-order valence-electron chi connectivity index (χ2n) is 5.78. The van der Waals surface area contributed by atoms with Crippen molar-refractivity contribution in [3.63, 3.8) is 0 Å². The van der Waals surface area contributed by atoms with Crippen LogP contribution < -0.4 is 11.1 Å². The summed E-state index contributed by atoms with van der Waals surface area (Å²) in [6.45, 7) is 0. The summed E-state index contributed by atoms with van der Waals surface area (Å²) in [5, 5.41) is 2.97. The lowest BCUT2D eigenvalue weighted by Gasteiger charge is -2.52. The van der Waals surface area contributed by atoms with Crippen molar-refractivity contribution in [3.8, 4) is 0 Å². The third-order valence-electron chi connectivity index (χ3n) is 4.36. The van der Waals surface area contributed by atoms with Gasteiger partial charge >= 0.3 is 6.03 Å². The molecule has 0 spiro atoms. The smallest absolute Gasteiger partial charge is 0.322 e. The van der Waals surface area contributed by atoms with Gasteiger partial charge in [-0.2, -0.15) is 0 Å². The average molecular weight is 299 g/mol. The molecule has 2 fully saturated rings. The fourth-order valence-electron chi connectivity index (χ4n) is 3.27. The Balaban J connectivity index is 1.69. The van der Waals surface area contributed by atoms with Crippen LogP contribution in [0.2, 0.25) is 0 Å². The SMILES string of the molecule is CN=CN=C(N)c1cccc(NC(=O)N2C3CCCC2C3)c1. The fourth-order valence-corrected chi connectivity index (χ4v) is 3.27. The number of nitrogens with two attached hydrogens (primary N) is 1. The molecular weight excluding hydrogens is 278 g/mol. The van der Waals surface area contributed by atoms with Crippen molar-refractivity contribution >= 4 is 23.9 Å². The monoisotopic (exact) mass is 299 g/mol. The second kappa shape index (κ2) is 6.17. The fraction of sp³-hybridized carbons (Fsp3) is 0.438. The van der Waals surface area contributed by atoms with Crippen molar-refractivity contribution in [2.45, 2.75) is 37.8 Å². The highest BCUT2D eigenvalue weighted by molar-refractivity contribution is 6.02. The molecule has 1 aromatic rings. The van der Waals surface area contributed by atoms with Crippen LogP contribution in [0.3, 0.4) is 0 Å². The van der Waals surface area contributed by atoms with Gasteiger partial charge in [-0.3, -0.25) is 4.99 Å². The minimum Gasteiger partial charge on any atom is -0.383 e. The van der Waals surface area contributed by atoms with Gasteiger partial charge in [0.1, 0.15) is 12.2 Å². The van der Waals surface area contributed by atoms with Crippen molar-refractivity contribution in [2.24, 2.45) is 15.7 Å². The van der Waals surface area contributed by atoms with E-state index in [1.807, 2.05) is 29.2 Å². The average Bonchev–Trinajstić information content (AvgIpc) is 2.53. The number of urea groups is 1. The molecule has 2 aliphatic heterocycles. The number of nitrogens with one attached hydrogen (secondary N) is 1. The topological polar surface area (TPSA) is 83.1 Å². The Morgan fingerprint density at radius 1 is 1.41 bits per heavy atom. The number of fused-ring (bicyclic) bond motifs is 2. The predicted molar refractivity (Wildman–Crippen MR) is 88.5 cm³/mol. The molecule has 2 bridgehead atoms. The molecule has 2 saturated heterocycles. The Morgan fingerprint density at radius 3 is 2.86 bits per heavy atom. The number of hydrogen-bond donors (Lipinski definition) is 2. The van der Waals surface area contributed by atoms with Crippen LogP contribution in [0.1, 0.15) is 31.2 Å². The molecule has 2 aliphatic rings. The lowest BCUT2D eigenvalue weighted by atomic mass is 9.80. The number of benzene rings is 1. The van der Waals surface area contributed by atoms with E-state index >= 15 is 0 Å². The molecule has 6 heteroatoms. The maximum atomic E-state index is 12.4. The molecule has 3 N–H and O–H groups in total. The Bertz CT molecular complexity index is 611. The van der Waals surface area contributed by atoms with E-state index in [0.717, 1.165) is 30.5 Å². The van der Waals surface area contributed by atoms with Gasteiger partial charge in [-0.25, -0.2) is 9.79 Å². The first-order valence-electron chi connectivity index (χ1n) is 7.62. The normalized spacial score (nSPS) is 24.2. The van der Waals surface area contributed by atoms with E-state index in [-0.39, 0.29) is 6.03 Å². The van der Waals surface area contributed by atoms with Crippen molar-refractivity contribution in [2.75, 3.05) is 12.4 Å². The summed E-state index contributed by atoms with van der Waals surface area (Å²) in [4.78, 5) is 22.2. The number of nitrogens with zero attached hydrogens (tertiary/aromatic N) is 3. The van der Waals surface area contributed by atoms with Gasteiger partial charge in [-0.1, -0.05) is 12.1 Å². The van der Waals surface area contributed by atoms with Crippen molar-refractivity contribution in [3.05, 3.63) is 29.8 Å². The number of amidine groups is 1. The Morgan fingerprint density at radius 2 is 2.18 bits per heavy atom. The molecule has 6 nitrogen and oxygen atoms in total. The molecule has 116 valence electrons. The van der Waals surface area contributed by atoms with E-state index in [4.69, 9.17) is 5.73 Å². The summed E-state index contributed by atoms with van der Waals surface area (Å²) in [5.41, 5.74) is 7.39. The Hall–Kier alpha value is -2.37. The molecule has 2 unspecified atom stereocenters. The Labute approximate surface area is 130 Å². The van der Waals surface area contributed by atoms with E-state index in [9.17, 15) is 4.79 Å². The number of anilines is 1. The minimum absolute atomic E-state index is 0.0104. The van der Waals surface area contributed by atoms with E-state index < -0.39 is 0 Å². The minimum atomic E-state index is -0.0104. The van der Waals surface area contributed by atoms with Crippen LogP contribution in [0.4, 0.5) is 10.5 Å². The summed E-state index contributed by atoms with van der Waals surface area (Å²) >= 11 is 0. The van der Waals surface area contributed by atoms with Crippen molar-refractivity contribution < 1.29 is 4.79 Å². The van der Waals surface area contributed by atoms with Gasteiger partial charge < -0.3 is 16.0 Å². The van der Waals surface area contributed by atoms with Gasteiger partial charge in [-0.05, 0) is 37.8 Å². The number of piperidine rings is 1. The van der Waals surface area contributed by atoms with E-state index in [1.165, 1.54) is 12.8 Å². The number of hydrogen-bond acceptors (Lipinski definition) is 2. The van der Waals surface area contributed by atoms with Crippen LogP contribution in [-0.2, 0) is 0 Å². The number of rotatable bonds is 3. The third-order valence-corrected chi connectivity index (χ3v) is 4.36. The zero-order chi connectivity index (χ0) is 15.5. The molecule has 1 aromatic carbocycles. The largest absolute Gasteiger partial charge is 0.383 e. The van der Waals surface area contributed by atoms with E-state index in [1.54, 1.807) is 7.05 Å². The number of carbonyl (C=O) groups excluding carboxylic acids is 1. The molecule has 0 aromatic heterocycles. The standard InChI is InChI=1S/C16H21N5O/c1-18-10-19-15(17)11-4-2-5-12(8-11)20-16(22)21-13-6-3-7-14(21)9-13/h2,4-5,8,10,13-14H,3,6-7,9H2,1H3,(H,20,22)(H2,17,18,19). The Kier molecular flexibility index (Phi) is 4.09. The molecule has 0 radical (unpaired) electrons.